The van der Waals surface area contributed by atoms with Crippen molar-refractivity contribution in [1.82, 2.24) is 0 Å². The number of halogens is 3. The molecule has 0 atom stereocenters. The van der Waals surface area contributed by atoms with Gasteiger partial charge in [-0.3, -0.25) is 4.72 Å². The van der Waals surface area contributed by atoms with Gasteiger partial charge in [0.05, 0.1) is 17.3 Å². The first-order valence-corrected chi connectivity index (χ1v) is 7.94. The fourth-order valence-corrected chi connectivity index (χ4v) is 3.67. The standard InChI is InChI=1S/C13H10Cl2FNO3S/c14-9-4-8(7-18)13(15)12(5-9)21(19,20)17-11-3-1-2-10(16)6-11/h1-6,17-18H,7H2. The number of rotatable bonds is 4. The quantitative estimate of drug-likeness (QED) is 0.888. The molecule has 0 saturated carbocycles. The summed E-state index contributed by atoms with van der Waals surface area (Å²) in [4.78, 5) is -0.287. The predicted molar refractivity (Wildman–Crippen MR) is 79.6 cm³/mol. The van der Waals surface area contributed by atoms with Crippen molar-refractivity contribution in [1.29, 1.82) is 0 Å². The first kappa shape index (κ1) is 16.0. The Morgan fingerprint density at radius 2 is 1.90 bits per heavy atom. The van der Waals surface area contributed by atoms with Crippen molar-refractivity contribution in [2.24, 2.45) is 0 Å². The normalized spacial score (nSPS) is 11.4. The number of hydrogen-bond acceptors (Lipinski definition) is 3. The smallest absolute Gasteiger partial charge is 0.263 e. The zero-order valence-electron chi connectivity index (χ0n) is 10.5. The van der Waals surface area contributed by atoms with Crippen LogP contribution in [-0.2, 0) is 16.6 Å². The van der Waals surface area contributed by atoms with Gasteiger partial charge >= 0.3 is 0 Å². The van der Waals surface area contributed by atoms with Crippen molar-refractivity contribution in [2.75, 3.05) is 4.72 Å². The van der Waals surface area contributed by atoms with E-state index in [1.54, 1.807) is 0 Å². The van der Waals surface area contributed by atoms with E-state index in [-0.39, 0.29) is 26.2 Å². The van der Waals surface area contributed by atoms with Crippen molar-refractivity contribution >= 4 is 38.9 Å². The van der Waals surface area contributed by atoms with E-state index >= 15 is 0 Å². The van der Waals surface area contributed by atoms with E-state index in [9.17, 15) is 12.8 Å². The van der Waals surface area contributed by atoms with Gasteiger partial charge in [0.25, 0.3) is 10.0 Å². The van der Waals surface area contributed by atoms with Gasteiger partial charge in [0.1, 0.15) is 10.7 Å². The summed E-state index contributed by atoms with van der Waals surface area (Å²) >= 11 is 11.8. The lowest BCUT2D eigenvalue weighted by molar-refractivity contribution is 0.281. The highest BCUT2D eigenvalue weighted by Crippen LogP contribution is 2.30. The monoisotopic (exact) mass is 349 g/mol. The van der Waals surface area contributed by atoms with Crippen molar-refractivity contribution in [3.8, 4) is 0 Å². The molecule has 2 N–H and O–H groups in total. The van der Waals surface area contributed by atoms with Crippen molar-refractivity contribution in [3.63, 3.8) is 0 Å². The molecule has 8 heteroatoms. The molecule has 0 saturated heterocycles. The van der Waals surface area contributed by atoms with Crippen LogP contribution in [0.3, 0.4) is 0 Å². The highest BCUT2D eigenvalue weighted by Gasteiger charge is 2.21. The maximum atomic E-state index is 13.1. The topological polar surface area (TPSA) is 66.4 Å². The van der Waals surface area contributed by atoms with Crippen molar-refractivity contribution in [2.45, 2.75) is 11.5 Å². The van der Waals surface area contributed by atoms with Crippen LogP contribution in [0.2, 0.25) is 10.0 Å². The summed E-state index contributed by atoms with van der Waals surface area (Å²) in [6.07, 6.45) is 0. The molecule has 0 radical (unpaired) electrons. The summed E-state index contributed by atoms with van der Waals surface area (Å²) in [5.74, 6) is -0.580. The number of sulfonamides is 1. The summed E-state index contributed by atoms with van der Waals surface area (Å²) in [5.41, 5.74) is 0.236. The molecule has 0 aliphatic heterocycles. The minimum Gasteiger partial charge on any atom is -0.392 e. The van der Waals surface area contributed by atoms with Crippen LogP contribution in [0.4, 0.5) is 10.1 Å². The second-order valence-corrected chi connectivity index (χ2v) is 6.62. The van der Waals surface area contributed by atoms with E-state index < -0.39 is 22.4 Å². The van der Waals surface area contributed by atoms with Crippen LogP contribution in [0.5, 0.6) is 0 Å². The van der Waals surface area contributed by atoms with E-state index in [1.807, 2.05) is 0 Å². The summed E-state index contributed by atoms with van der Waals surface area (Å²) < 4.78 is 39.9. The Balaban J connectivity index is 2.47. The molecule has 2 aromatic rings. The molecule has 2 rings (SSSR count). The van der Waals surface area contributed by atoms with Crippen molar-refractivity contribution in [3.05, 3.63) is 57.8 Å². The molecule has 0 fully saturated rings. The molecule has 0 heterocycles. The van der Waals surface area contributed by atoms with Crippen LogP contribution in [0.25, 0.3) is 0 Å². The van der Waals surface area contributed by atoms with Crippen LogP contribution in [-0.4, -0.2) is 13.5 Å². The molecular weight excluding hydrogens is 340 g/mol. The van der Waals surface area contributed by atoms with Gasteiger partial charge in [-0.25, -0.2) is 12.8 Å². The molecule has 0 aromatic heterocycles. The lowest BCUT2D eigenvalue weighted by atomic mass is 10.2. The van der Waals surface area contributed by atoms with Gasteiger partial charge in [-0.1, -0.05) is 29.3 Å². The van der Waals surface area contributed by atoms with Gasteiger partial charge in [-0.05, 0) is 35.9 Å². The fraction of sp³-hybridized carbons (Fsp3) is 0.0769. The van der Waals surface area contributed by atoms with Crippen LogP contribution in [0.1, 0.15) is 5.56 Å². The molecule has 0 unspecified atom stereocenters. The lowest BCUT2D eigenvalue weighted by Gasteiger charge is -2.12. The molecular formula is C13H10Cl2FNO3S. The van der Waals surface area contributed by atoms with Crippen LogP contribution < -0.4 is 4.72 Å². The summed E-state index contributed by atoms with van der Waals surface area (Å²) in [7, 11) is -4.06. The summed E-state index contributed by atoms with van der Waals surface area (Å²) in [6.45, 7) is -0.456. The fourth-order valence-electron chi connectivity index (χ4n) is 1.69. The number of hydrogen-bond donors (Lipinski definition) is 2. The van der Waals surface area contributed by atoms with Gasteiger partial charge in [0.15, 0.2) is 0 Å². The van der Waals surface area contributed by atoms with E-state index in [0.717, 1.165) is 12.1 Å². The Bertz CT molecular complexity index is 781. The van der Waals surface area contributed by atoms with Crippen LogP contribution >= 0.6 is 23.2 Å². The van der Waals surface area contributed by atoms with Gasteiger partial charge in [0, 0.05) is 5.02 Å². The van der Waals surface area contributed by atoms with Crippen LogP contribution in [0, 0.1) is 5.82 Å². The van der Waals surface area contributed by atoms with E-state index in [4.69, 9.17) is 28.3 Å². The number of anilines is 1. The minimum absolute atomic E-state index is 0.0524. The highest BCUT2D eigenvalue weighted by molar-refractivity contribution is 7.92. The molecule has 21 heavy (non-hydrogen) atoms. The number of aliphatic hydroxyl groups excluding tert-OH is 1. The Morgan fingerprint density at radius 3 is 2.52 bits per heavy atom. The Hall–Kier alpha value is -1.34. The van der Waals surface area contributed by atoms with E-state index in [0.29, 0.717) is 0 Å². The molecule has 112 valence electrons. The molecule has 2 aromatic carbocycles. The van der Waals surface area contributed by atoms with Gasteiger partial charge in [0.2, 0.25) is 0 Å². The summed E-state index contributed by atoms with van der Waals surface area (Å²) in [5, 5.41) is 9.13. The largest absolute Gasteiger partial charge is 0.392 e. The number of nitrogens with one attached hydrogen (secondary N) is 1. The SMILES string of the molecule is O=S(=O)(Nc1cccc(F)c1)c1cc(Cl)cc(CO)c1Cl. The predicted octanol–water partition coefficient (Wildman–Crippen LogP) is 3.43. The Kier molecular flexibility index (Phi) is 4.73. The first-order chi connectivity index (χ1) is 9.83. The maximum absolute atomic E-state index is 13.1. The van der Waals surface area contributed by atoms with Crippen molar-refractivity contribution < 1.29 is 17.9 Å². The second kappa shape index (κ2) is 6.19. The number of benzene rings is 2. The van der Waals surface area contributed by atoms with E-state index in [2.05, 4.69) is 4.72 Å². The third kappa shape index (κ3) is 3.65. The molecule has 0 amide bonds. The highest BCUT2D eigenvalue weighted by atomic mass is 35.5. The second-order valence-electron chi connectivity index (χ2n) is 4.15. The van der Waals surface area contributed by atoms with Gasteiger partial charge in [-0.2, -0.15) is 0 Å². The zero-order valence-corrected chi connectivity index (χ0v) is 12.8. The van der Waals surface area contributed by atoms with Crippen LogP contribution in [0.15, 0.2) is 41.3 Å². The Labute approximate surface area is 131 Å². The third-order valence-electron chi connectivity index (χ3n) is 2.62. The van der Waals surface area contributed by atoms with Gasteiger partial charge < -0.3 is 5.11 Å². The molecule has 0 aliphatic rings. The average Bonchev–Trinajstić information content (AvgIpc) is 2.40. The lowest BCUT2D eigenvalue weighted by Crippen LogP contribution is -2.14. The Morgan fingerprint density at radius 1 is 1.19 bits per heavy atom. The minimum atomic E-state index is -4.06. The number of aliphatic hydroxyl groups is 1. The third-order valence-corrected chi connectivity index (χ3v) is 4.80. The van der Waals surface area contributed by atoms with E-state index in [1.165, 1.54) is 24.3 Å². The zero-order chi connectivity index (χ0) is 15.6. The maximum Gasteiger partial charge on any atom is 0.263 e. The molecule has 0 aliphatic carbocycles. The molecule has 0 bridgehead atoms. The molecule has 4 nitrogen and oxygen atoms in total. The first-order valence-electron chi connectivity index (χ1n) is 5.70. The van der Waals surface area contributed by atoms with Gasteiger partial charge in [-0.15, -0.1) is 0 Å². The average molecular weight is 350 g/mol. The molecule has 0 spiro atoms. The summed E-state index contributed by atoms with van der Waals surface area (Å²) in [6, 6.07) is 7.50.